The zero-order valence-electron chi connectivity index (χ0n) is 6.25. The van der Waals surface area contributed by atoms with Gasteiger partial charge in [0.05, 0.1) is 19.5 Å². The highest BCUT2D eigenvalue weighted by atomic mass is 32.2. The summed E-state index contributed by atoms with van der Waals surface area (Å²) in [5.74, 6) is 2.18. The molecular weight excluding hydrogens is 148 g/mol. The Bertz CT molecular complexity index is 83.7. The first-order valence-corrected chi connectivity index (χ1v) is 4.52. The van der Waals surface area contributed by atoms with Crippen molar-refractivity contribution in [2.45, 2.75) is 6.92 Å². The van der Waals surface area contributed by atoms with Crippen molar-refractivity contribution in [3.63, 3.8) is 0 Å². The predicted molar refractivity (Wildman–Crippen MR) is 45.6 cm³/mol. The van der Waals surface area contributed by atoms with E-state index in [9.17, 15) is 0 Å². The molecule has 0 heterocycles. The first-order chi connectivity index (χ1) is 4.91. The van der Waals surface area contributed by atoms with Gasteiger partial charge in [0.2, 0.25) is 0 Å². The number of thioether (sulfide) groups is 1. The van der Waals surface area contributed by atoms with Gasteiger partial charge in [0.15, 0.2) is 0 Å². The fourth-order valence-corrected chi connectivity index (χ4v) is 0.981. The Morgan fingerprint density at radius 2 is 2.40 bits per heavy atom. The van der Waals surface area contributed by atoms with Gasteiger partial charge < -0.3 is 9.84 Å². The van der Waals surface area contributed by atoms with E-state index in [0.717, 1.165) is 24.4 Å². The van der Waals surface area contributed by atoms with Crippen LogP contribution in [-0.4, -0.2) is 29.8 Å². The van der Waals surface area contributed by atoms with Crippen molar-refractivity contribution >= 4 is 11.8 Å². The normalized spacial score (nSPS) is 10.9. The summed E-state index contributed by atoms with van der Waals surface area (Å²) in [7, 11) is 0. The van der Waals surface area contributed by atoms with Crippen LogP contribution in [0.5, 0.6) is 0 Å². The molecule has 0 aliphatic rings. The van der Waals surface area contributed by atoms with Crippen LogP contribution in [0.1, 0.15) is 6.92 Å². The van der Waals surface area contributed by atoms with Crippen molar-refractivity contribution < 1.29 is 9.84 Å². The van der Waals surface area contributed by atoms with Gasteiger partial charge in [0.1, 0.15) is 0 Å². The summed E-state index contributed by atoms with van der Waals surface area (Å²) in [5.41, 5.74) is 0. The predicted octanol–water partition coefficient (Wildman–Crippen LogP) is 1.83. The van der Waals surface area contributed by atoms with E-state index >= 15 is 0 Å². The molecule has 10 heavy (non-hydrogen) atoms. The van der Waals surface area contributed by atoms with E-state index in [4.69, 9.17) is 9.84 Å². The van der Waals surface area contributed by atoms with Gasteiger partial charge in [-0.05, 0) is 11.8 Å². The van der Waals surface area contributed by atoms with Crippen molar-refractivity contribution in [3.05, 3.63) is 12.3 Å². The number of rotatable bonds is 6. The van der Waals surface area contributed by atoms with E-state index in [2.05, 4.69) is 6.92 Å². The van der Waals surface area contributed by atoms with Gasteiger partial charge in [-0.25, -0.2) is 0 Å². The van der Waals surface area contributed by atoms with Crippen LogP contribution < -0.4 is 0 Å². The maximum Gasteiger partial charge on any atom is 0.0774 e. The van der Waals surface area contributed by atoms with Crippen LogP contribution >= 0.6 is 11.8 Å². The quantitative estimate of drug-likeness (QED) is 0.477. The maximum atomic E-state index is 8.20. The molecule has 1 N–H and O–H groups in total. The summed E-state index contributed by atoms with van der Waals surface area (Å²) in [5, 5.41) is 8.20. The summed E-state index contributed by atoms with van der Waals surface area (Å²) in [6, 6.07) is 0. The molecule has 0 rings (SSSR count). The van der Waals surface area contributed by atoms with Crippen LogP contribution in [0.15, 0.2) is 12.3 Å². The SMILES string of the molecule is CCSCCOC/C=C/O. The topological polar surface area (TPSA) is 29.5 Å². The van der Waals surface area contributed by atoms with Crippen LogP contribution in [0.4, 0.5) is 0 Å². The largest absolute Gasteiger partial charge is 0.516 e. The molecule has 60 valence electrons. The molecule has 0 amide bonds. The summed E-state index contributed by atoms with van der Waals surface area (Å²) in [6.45, 7) is 3.40. The van der Waals surface area contributed by atoms with Crippen molar-refractivity contribution in [3.8, 4) is 0 Å². The minimum atomic E-state index is 0.515. The Morgan fingerprint density at radius 1 is 1.60 bits per heavy atom. The highest BCUT2D eigenvalue weighted by molar-refractivity contribution is 7.99. The highest BCUT2D eigenvalue weighted by Gasteiger charge is 1.84. The van der Waals surface area contributed by atoms with Crippen LogP contribution in [-0.2, 0) is 4.74 Å². The second-order valence-electron chi connectivity index (χ2n) is 1.66. The van der Waals surface area contributed by atoms with Crippen LogP contribution in [0.3, 0.4) is 0 Å². The van der Waals surface area contributed by atoms with E-state index < -0.39 is 0 Å². The molecule has 0 aromatic carbocycles. The Labute approximate surface area is 66.3 Å². The van der Waals surface area contributed by atoms with E-state index in [0.29, 0.717) is 6.61 Å². The minimum absolute atomic E-state index is 0.515. The fraction of sp³-hybridized carbons (Fsp3) is 0.714. The van der Waals surface area contributed by atoms with Crippen molar-refractivity contribution in [2.24, 2.45) is 0 Å². The second kappa shape index (κ2) is 8.85. The van der Waals surface area contributed by atoms with E-state index in [-0.39, 0.29) is 0 Å². The molecule has 0 aromatic rings. The summed E-state index contributed by atoms with van der Waals surface area (Å²) < 4.78 is 5.11. The lowest BCUT2D eigenvalue weighted by Gasteiger charge is -1.97. The second-order valence-corrected chi connectivity index (χ2v) is 3.05. The molecule has 3 heteroatoms. The average Bonchev–Trinajstić information content (AvgIpc) is 1.97. The molecule has 0 saturated heterocycles. The van der Waals surface area contributed by atoms with Gasteiger partial charge in [-0.3, -0.25) is 0 Å². The molecule has 0 fully saturated rings. The Balaban J connectivity index is 2.77. The zero-order valence-corrected chi connectivity index (χ0v) is 7.06. The third-order valence-electron chi connectivity index (χ3n) is 0.896. The van der Waals surface area contributed by atoms with Gasteiger partial charge in [0.25, 0.3) is 0 Å². The molecule has 0 saturated carbocycles. The van der Waals surface area contributed by atoms with Crippen LogP contribution in [0.25, 0.3) is 0 Å². The van der Waals surface area contributed by atoms with Crippen molar-refractivity contribution in [2.75, 3.05) is 24.7 Å². The van der Waals surface area contributed by atoms with Gasteiger partial charge in [0, 0.05) is 5.75 Å². The molecule has 0 atom stereocenters. The van der Waals surface area contributed by atoms with E-state index in [1.54, 1.807) is 6.08 Å². The molecule has 0 spiro atoms. The Hall–Kier alpha value is -0.150. The Kier molecular flexibility index (Phi) is 8.72. The van der Waals surface area contributed by atoms with Gasteiger partial charge >= 0.3 is 0 Å². The molecule has 0 bridgehead atoms. The molecule has 0 aromatic heterocycles. The number of aliphatic hydroxyl groups is 1. The third kappa shape index (κ3) is 7.85. The zero-order chi connectivity index (χ0) is 7.66. The Morgan fingerprint density at radius 3 is 3.00 bits per heavy atom. The standard InChI is InChI=1S/C7H14O2S/c1-2-10-7-6-9-5-3-4-8/h3-4,8H,2,5-7H2,1H3/b4-3+. The minimum Gasteiger partial charge on any atom is -0.516 e. The van der Waals surface area contributed by atoms with Crippen molar-refractivity contribution in [1.82, 2.24) is 0 Å². The first kappa shape index (κ1) is 9.85. The summed E-state index contributed by atoms with van der Waals surface area (Å²) in [4.78, 5) is 0. The first-order valence-electron chi connectivity index (χ1n) is 3.36. The number of aliphatic hydroxyl groups excluding tert-OH is 1. The monoisotopic (exact) mass is 162 g/mol. The lowest BCUT2D eigenvalue weighted by molar-refractivity contribution is 0.179. The lowest BCUT2D eigenvalue weighted by Crippen LogP contribution is -1.96. The van der Waals surface area contributed by atoms with Crippen LogP contribution in [0.2, 0.25) is 0 Å². The van der Waals surface area contributed by atoms with Crippen LogP contribution in [0, 0.1) is 0 Å². The number of ether oxygens (including phenoxy) is 1. The molecule has 0 unspecified atom stereocenters. The summed E-state index contributed by atoms with van der Waals surface area (Å²) >= 11 is 1.85. The van der Waals surface area contributed by atoms with Gasteiger partial charge in [-0.2, -0.15) is 11.8 Å². The average molecular weight is 162 g/mol. The smallest absolute Gasteiger partial charge is 0.0774 e. The van der Waals surface area contributed by atoms with Crippen molar-refractivity contribution in [1.29, 1.82) is 0 Å². The third-order valence-corrected chi connectivity index (χ3v) is 1.76. The molecule has 0 aliphatic heterocycles. The molecule has 0 aliphatic carbocycles. The molecule has 2 nitrogen and oxygen atoms in total. The molecule has 0 radical (unpaired) electrons. The van der Waals surface area contributed by atoms with E-state index in [1.807, 2.05) is 11.8 Å². The lowest BCUT2D eigenvalue weighted by atomic mass is 10.7. The number of hydrogen-bond acceptors (Lipinski definition) is 3. The molecular formula is C7H14O2S. The van der Waals surface area contributed by atoms with E-state index in [1.165, 1.54) is 0 Å². The summed E-state index contributed by atoms with van der Waals surface area (Å²) in [6.07, 6.45) is 2.59. The fourth-order valence-electron chi connectivity index (χ4n) is 0.457. The highest BCUT2D eigenvalue weighted by Crippen LogP contribution is 1.96. The number of hydrogen-bond donors (Lipinski definition) is 1. The van der Waals surface area contributed by atoms with Gasteiger partial charge in [-0.1, -0.05) is 6.92 Å². The maximum absolute atomic E-state index is 8.20. The van der Waals surface area contributed by atoms with Gasteiger partial charge in [-0.15, -0.1) is 0 Å².